The van der Waals surface area contributed by atoms with Crippen molar-refractivity contribution in [3.05, 3.63) is 44.8 Å². The van der Waals surface area contributed by atoms with Gasteiger partial charge in [-0.15, -0.1) is 0 Å². The second-order valence-corrected chi connectivity index (χ2v) is 7.67. The van der Waals surface area contributed by atoms with Crippen molar-refractivity contribution in [3.63, 3.8) is 0 Å². The van der Waals surface area contributed by atoms with Gasteiger partial charge >= 0.3 is 0 Å². The lowest BCUT2D eigenvalue weighted by molar-refractivity contribution is 0.311. The van der Waals surface area contributed by atoms with Crippen LogP contribution in [0, 0.1) is 23.7 Å². The highest BCUT2D eigenvalue weighted by molar-refractivity contribution is 5.68. The van der Waals surface area contributed by atoms with E-state index < -0.39 is 0 Å². The lowest BCUT2D eigenvalue weighted by Crippen LogP contribution is -2.15. The van der Waals surface area contributed by atoms with E-state index in [0.29, 0.717) is 23.5 Å². The van der Waals surface area contributed by atoms with E-state index in [-0.39, 0.29) is 5.92 Å². The maximum absolute atomic E-state index is 10.6. The second kappa shape index (κ2) is 4.63. The van der Waals surface area contributed by atoms with Crippen LogP contribution in [0.15, 0.2) is 44.8 Å². The van der Waals surface area contributed by atoms with Crippen LogP contribution in [-0.4, -0.2) is 5.11 Å². The van der Waals surface area contributed by atoms with Gasteiger partial charge in [-0.05, 0) is 72.5 Å². The maximum Gasteiger partial charge on any atom is 0.103 e. The summed E-state index contributed by atoms with van der Waals surface area (Å²) in [5, 5.41) is 10.6. The Bertz CT molecular complexity index is 635. The second-order valence-electron chi connectivity index (χ2n) is 7.67. The highest BCUT2D eigenvalue weighted by atomic mass is 16.3. The average molecular weight is 284 g/mol. The van der Waals surface area contributed by atoms with Gasteiger partial charge in [0.15, 0.2) is 0 Å². The molecule has 0 aliphatic heterocycles. The van der Waals surface area contributed by atoms with Crippen molar-refractivity contribution in [1.29, 1.82) is 0 Å². The Morgan fingerprint density at radius 3 is 2.10 bits per heavy atom. The molecule has 114 valence electrons. The van der Waals surface area contributed by atoms with Crippen molar-refractivity contribution in [1.82, 2.24) is 0 Å². The topological polar surface area (TPSA) is 20.2 Å². The van der Waals surface area contributed by atoms with E-state index in [2.05, 4.69) is 48.5 Å². The summed E-state index contributed by atoms with van der Waals surface area (Å²) < 4.78 is 0. The maximum atomic E-state index is 10.6. The first-order valence-corrected chi connectivity index (χ1v) is 8.32. The molecule has 1 heteroatoms. The number of aliphatic hydroxyl groups is 1. The van der Waals surface area contributed by atoms with Gasteiger partial charge in [0.25, 0.3) is 0 Å². The van der Waals surface area contributed by atoms with Crippen molar-refractivity contribution in [3.8, 4) is 0 Å². The third-order valence-corrected chi connectivity index (χ3v) is 5.87. The van der Waals surface area contributed by atoms with E-state index >= 15 is 0 Å². The number of hydrogen-bond acceptors (Lipinski definition) is 1. The molecule has 0 bridgehead atoms. The Kier molecular flexibility index (Phi) is 3.24. The molecule has 0 saturated carbocycles. The predicted molar refractivity (Wildman–Crippen MR) is 89.0 cm³/mol. The molecule has 0 fully saturated rings. The molecule has 0 saturated heterocycles. The summed E-state index contributed by atoms with van der Waals surface area (Å²) in [6.07, 6.45) is 1.10. The Morgan fingerprint density at radius 1 is 0.952 bits per heavy atom. The number of rotatable bonds is 2. The van der Waals surface area contributed by atoms with Gasteiger partial charge < -0.3 is 5.11 Å². The fourth-order valence-electron chi connectivity index (χ4n) is 4.77. The number of allylic oxidation sites excluding steroid dienone is 7. The Balaban J connectivity index is 2.20. The number of hydrogen-bond donors (Lipinski definition) is 1. The van der Waals surface area contributed by atoms with Crippen molar-refractivity contribution in [2.45, 2.75) is 54.9 Å². The van der Waals surface area contributed by atoms with E-state index in [1.54, 1.807) is 16.7 Å². The fraction of sp³-hybridized carbons (Fsp3) is 0.600. The molecule has 21 heavy (non-hydrogen) atoms. The van der Waals surface area contributed by atoms with Gasteiger partial charge in [0.2, 0.25) is 0 Å². The summed E-state index contributed by atoms with van der Waals surface area (Å²) in [4.78, 5) is 0. The molecule has 1 N–H and O–H groups in total. The largest absolute Gasteiger partial charge is 0.511 e. The molecule has 3 rings (SSSR count). The van der Waals surface area contributed by atoms with Crippen molar-refractivity contribution >= 4 is 0 Å². The molecule has 0 radical (unpaired) electrons. The molecule has 3 aliphatic carbocycles. The summed E-state index contributed by atoms with van der Waals surface area (Å²) >= 11 is 0. The quantitative estimate of drug-likeness (QED) is 0.687. The normalized spacial score (nSPS) is 28.8. The van der Waals surface area contributed by atoms with E-state index in [1.165, 1.54) is 16.7 Å². The van der Waals surface area contributed by atoms with Crippen molar-refractivity contribution in [2.75, 3.05) is 0 Å². The zero-order valence-electron chi connectivity index (χ0n) is 14.5. The van der Waals surface area contributed by atoms with Gasteiger partial charge in [0.05, 0.1) is 0 Å². The molecule has 0 spiro atoms. The fourth-order valence-corrected chi connectivity index (χ4v) is 4.77. The highest BCUT2D eigenvalue weighted by Crippen LogP contribution is 2.59. The summed E-state index contributed by atoms with van der Waals surface area (Å²) in [7, 11) is 0. The van der Waals surface area contributed by atoms with Gasteiger partial charge in [-0.3, -0.25) is 0 Å². The third kappa shape index (κ3) is 1.76. The van der Waals surface area contributed by atoms with Crippen LogP contribution < -0.4 is 0 Å². The van der Waals surface area contributed by atoms with E-state index in [9.17, 15) is 5.11 Å². The van der Waals surface area contributed by atoms with E-state index in [4.69, 9.17) is 0 Å². The first-order valence-electron chi connectivity index (χ1n) is 8.32. The van der Waals surface area contributed by atoms with Gasteiger partial charge in [-0.1, -0.05) is 33.3 Å². The minimum absolute atomic E-state index is 0.215. The zero-order valence-corrected chi connectivity index (χ0v) is 14.5. The van der Waals surface area contributed by atoms with Crippen LogP contribution in [0.5, 0.6) is 0 Å². The third-order valence-electron chi connectivity index (χ3n) is 5.87. The average Bonchev–Trinajstić information content (AvgIpc) is 2.94. The smallest absolute Gasteiger partial charge is 0.103 e. The lowest BCUT2D eigenvalue weighted by Gasteiger charge is -2.24. The summed E-state index contributed by atoms with van der Waals surface area (Å²) in [6, 6.07) is 0. The zero-order chi connectivity index (χ0) is 15.6. The summed E-state index contributed by atoms with van der Waals surface area (Å²) in [5.41, 5.74) is 10.2. The summed E-state index contributed by atoms with van der Waals surface area (Å²) in [5.74, 6) is 2.44. The first kappa shape index (κ1) is 14.7. The van der Waals surface area contributed by atoms with Crippen LogP contribution in [-0.2, 0) is 0 Å². The van der Waals surface area contributed by atoms with E-state index in [1.807, 2.05) is 0 Å². The van der Waals surface area contributed by atoms with Crippen LogP contribution in [0.4, 0.5) is 0 Å². The van der Waals surface area contributed by atoms with Gasteiger partial charge in [-0.2, -0.15) is 0 Å². The Morgan fingerprint density at radius 2 is 1.57 bits per heavy atom. The van der Waals surface area contributed by atoms with Gasteiger partial charge in [-0.25, -0.2) is 0 Å². The summed E-state index contributed by atoms with van der Waals surface area (Å²) in [6.45, 7) is 15.8. The minimum atomic E-state index is 0.215. The molecule has 0 heterocycles. The van der Waals surface area contributed by atoms with Crippen LogP contribution >= 0.6 is 0 Å². The van der Waals surface area contributed by atoms with Crippen LogP contribution in [0.25, 0.3) is 0 Å². The molecule has 1 nitrogen and oxygen atoms in total. The molecule has 0 aromatic rings. The number of aliphatic hydroxyl groups excluding tert-OH is 1. The standard InChI is InChI=1S/C20H28O/c1-9(2)16-12(6)11(5)14-8-15-13(7)20(21)17(10(3)4)19(15)18(14)16/h9-10,14,17,21H,8H2,1-7H3. The lowest BCUT2D eigenvalue weighted by atomic mass is 9.81. The van der Waals surface area contributed by atoms with E-state index in [0.717, 1.165) is 12.0 Å². The first-order chi connectivity index (χ1) is 9.77. The van der Waals surface area contributed by atoms with Crippen molar-refractivity contribution < 1.29 is 5.11 Å². The number of fused-ring (bicyclic) bond motifs is 2. The molecular formula is C20H28O. The Labute approximate surface area is 129 Å². The van der Waals surface area contributed by atoms with Crippen LogP contribution in [0.2, 0.25) is 0 Å². The molecule has 2 atom stereocenters. The van der Waals surface area contributed by atoms with Crippen LogP contribution in [0.3, 0.4) is 0 Å². The van der Waals surface area contributed by atoms with Gasteiger partial charge in [0, 0.05) is 11.8 Å². The SMILES string of the molecule is CC1=C(C)C2CC3=C(C2=C1C(C)C)C(C(C)C)C(O)=C3C. The predicted octanol–water partition coefficient (Wildman–Crippen LogP) is 5.72. The Hall–Kier alpha value is -1.24. The van der Waals surface area contributed by atoms with Crippen molar-refractivity contribution in [2.24, 2.45) is 23.7 Å². The van der Waals surface area contributed by atoms with Crippen LogP contribution in [0.1, 0.15) is 54.9 Å². The molecule has 3 aliphatic rings. The molecule has 0 aromatic carbocycles. The molecular weight excluding hydrogens is 256 g/mol. The molecule has 0 amide bonds. The highest BCUT2D eigenvalue weighted by Gasteiger charge is 2.46. The monoisotopic (exact) mass is 284 g/mol. The molecule has 2 unspecified atom stereocenters. The minimum Gasteiger partial charge on any atom is -0.511 e. The van der Waals surface area contributed by atoms with Gasteiger partial charge in [0.1, 0.15) is 5.76 Å². The molecule has 0 aromatic heterocycles.